The van der Waals surface area contributed by atoms with Crippen LogP contribution in [0.4, 0.5) is 0 Å². The molecule has 1 spiro atoms. The Balaban J connectivity index is 1.62. The van der Waals surface area contributed by atoms with Crippen molar-refractivity contribution in [2.75, 3.05) is 25.4 Å². The van der Waals surface area contributed by atoms with Crippen molar-refractivity contribution in [1.82, 2.24) is 10.1 Å². The van der Waals surface area contributed by atoms with E-state index in [9.17, 15) is 4.79 Å². The smallest absolute Gasteiger partial charge is 0.259 e. The van der Waals surface area contributed by atoms with Crippen molar-refractivity contribution < 1.29 is 14.1 Å². The van der Waals surface area contributed by atoms with Crippen LogP contribution < -0.4 is 0 Å². The first kappa shape index (κ1) is 13.9. The molecule has 0 N–H and O–H groups in total. The minimum atomic E-state index is 0.0485. The molecule has 1 unspecified atom stereocenters. The van der Waals surface area contributed by atoms with Crippen molar-refractivity contribution in [3.05, 3.63) is 17.0 Å². The van der Waals surface area contributed by atoms with E-state index in [4.69, 9.17) is 9.26 Å². The van der Waals surface area contributed by atoms with Gasteiger partial charge in [-0.25, -0.2) is 0 Å². The van der Waals surface area contributed by atoms with Gasteiger partial charge in [0.1, 0.15) is 11.3 Å². The molecule has 2 aliphatic rings. The largest absolute Gasteiger partial charge is 0.378 e. The SMILES string of the molecule is CCOC1CSC2(C1)CN(C(=O)c1c(C)noc1C)C2. The number of nitrogens with zero attached hydrogens (tertiary/aromatic N) is 2. The Labute approximate surface area is 123 Å². The topological polar surface area (TPSA) is 55.6 Å². The van der Waals surface area contributed by atoms with Crippen molar-refractivity contribution in [2.45, 2.75) is 38.0 Å². The van der Waals surface area contributed by atoms with Crippen molar-refractivity contribution in [2.24, 2.45) is 0 Å². The van der Waals surface area contributed by atoms with Gasteiger partial charge < -0.3 is 14.2 Å². The second-order valence-corrected chi connectivity index (χ2v) is 7.12. The van der Waals surface area contributed by atoms with Crippen molar-refractivity contribution >= 4 is 17.7 Å². The van der Waals surface area contributed by atoms with Gasteiger partial charge >= 0.3 is 0 Å². The average molecular weight is 296 g/mol. The second-order valence-electron chi connectivity index (χ2n) is 5.64. The fraction of sp³-hybridized carbons (Fsp3) is 0.714. The number of carbonyl (C=O) groups is 1. The average Bonchev–Trinajstić information content (AvgIpc) is 2.92. The maximum Gasteiger partial charge on any atom is 0.259 e. The summed E-state index contributed by atoms with van der Waals surface area (Å²) in [5.74, 6) is 1.70. The fourth-order valence-electron chi connectivity index (χ4n) is 3.11. The quantitative estimate of drug-likeness (QED) is 0.854. The number of hydrogen-bond donors (Lipinski definition) is 0. The molecule has 6 heteroatoms. The number of likely N-dealkylation sites (tertiary alicyclic amines) is 1. The Hall–Kier alpha value is -1.01. The van der Waals surface area contributed by atoms with Gasteiger partial charge in [-0.3, -0.25) is 4.79 Å². The highest BCUT2D eigenvalue weighted by Gasteiger charge is 2.51. The lowest BCUT2D eigenvalue weighted by molar-refractivity contribution is 0.0357. The molecule has 0 saturated carbocycles. The van der Waals surface area contributed by atoms with E-state index in [-0.39, 0.29) is 10.7 Å². The van der Waals surface area contributed by atoms with E-state index in [0.29, 0.717) is 23.1 Å². The summed E-state index contributed by atoms with van der Waals surface area (Å²) < 4.78 is 11.0. The molecule has 20 heavy (non-hydrogen) atoms. The van der Waals surface area contributed by atoms with Gasteiger partial charge in [0.15, 0.2) is 0 Å². The number of thioether (sulfide) groups is 1. The molecule has 2 fully saturated rings. The van der Waals surface area contributed by atoms with E-state index in [1.54, 1.807) is 6.92 Å². The monoisotopic (exact) mass is 296 g/mol. The summed E-state index contributed by atoms with van der Waals surface area (Å²) in [5.41, 5.74) is 1.31. The van der Waals surface area contributed by atoms with Crippen molar-refractivity contribution in [3.8, 4) is 0 Å². The highest BCUT2D eigenvalue weighted by molar-refractivity contribution is 8.01. The lowest BCUT2D eigenvalue weighted by Gasteiger charge is -2.47. The third kappa shape index (κ3) is 2.24. The minimum Gasteiger partial charge on any atom is -0.378 e. The molecule has 0 aliphatic carbocycles. The zero-order chi connectivity index (χ0) is 14.3. The molecule has 1 amide bonds. The van der Waals surface area contributed by atoms with E-state index in [1.165, 1.54) is 0 Å². The normalized spacial score (nSPS) is 24.1. The Kier molecular flexibility index (Phi) is 3.54. The van der Waals surface area contributed by atoms with E-state index in [2.05, 4.69) is 5.16 Å². The molecule has 110 valence electrons. The van der Waals surface area contributed by atoms with Crippen LogP contribution in [0, 0.1) is 13.8 Å². The van der Waals surface area contributed by atoms with Gasteiger partial charge in [-0.2, -0.15) is 0 Å². The summed E-state index contributed by atoms with van der Waals surface area (Å²) in [6.07, 6.45) is 1.40. The highest BCUT2D eigenvalue weighted by Crippen LogP contribution is 2.46. The summed E-state index contributed by atoms with van der Waals surface area (Å²) >= 11 is 1.95. The first-order chi connectivity index (χ1) is 9.54. The van der Waals surface area contributed by atoms with Gasteiger partial charge in [0.2, 0.25) is 0 Å². The Morgan fingerprint density at radius 3 is 2.90 bits per heavy atom. The first-order valence-corrected chi connectivity index (χ1v) is 8.01. The minimum absolute atomic E-state index is 0.0485. The maximum atomic E-state index is 12.5. The van der Waals surface area contributed by atoms with Crippen LogP contribution >= 0.6 is 11.8 Å². The predicted molar refractivity (Wildman–Crippen MR) is 77.1 cm³/mol. The number of aromatic nitrogens is 1. The van der Waals surface area contributed by atoms with Gasteiger partial charge in [0, 0.05) is 25.4 Å². The maximum absolute atomic E-state index is 12.5. The van der Waals surface area contributed by atoms with Crippen LogP contribution in [0.2, 0.25) is 0 Å². The molecular weight excluding hydrogens is 276 g/mol. The molecule has 3 heterocycles. The van der Waals surface area contributed by atoms with Gasteiger partial charge in [0.25, 0.3) is 5.91 Å². The van der Waals surface area contributed by atoms with Crippen LogP contribution in [0.15, 0.2) is 4.52 Å². The first-order valence-electron chi connectivity index (χ1n) is 7.02. The van der Waals surface area contributed by atoms with Crippen LogP contribution in [0.25, 0.3) is 0 Å². The van der Waals surface area contributed by atoms with E-state index < -0.39 is 0 Å². The van der Waals surface area contributed by atoms with Crippen LogP contribution in [-0.2, 0) is 4.74 Å². The molecule has 0 bridgehead atoms. The molecule has 0 aromatic carbocycles. The van der Waals surface area contributed by atoms with Gasteiger partial charge in [0.05, 0.1) is 16.5 Å². The molecule has 1 aromatic heterocycles. The molecule has 1 aromatic rings. The number of aryl methyl sites for hydroxylation is 2. The third-order valence-electron chi connectivity index (χ3n) is 4.07. The van der Waals surface area contributed by atoms with Crippen molar-refractivity contribution in [1.29, 1.82) is 0 Å². The summed E-state index contributed by atoms with van der Waals surface area (Å²) in [6, 6.07) is 0. The number of ether oxygens (including phenoxy) is 1. The van der Waals surface area contributed by atoms with E-state index in [1.807, 2.05) is 30.5 Å². The number of hydrogen-bond acceptors (Lipinski definition) is 5. The molecule has 2 aliphatic heterocycles. The summed E-state index contributed by atoms with van der Waals surface area (Å²) in [5, 5.41) is 3.86. The fourth-order valence-corrected chi connectivity index (χ4v) is 4.66. The molecular formula is C14H20N2O3S. The van der Waals surface area contributed by atoms with Crippen LogP contribution in [0.3, 0.4) is 0 Å². The number of carbonyl (C=O) groups excluding carboxylic acids is 1. The van der Waals surface area contributed by atoms with Gasteiger partial charge in [-0.05, 0) is 27.2 Å². The zero-order valence-corrected chi connectivity index (χ0v) is 13.0. The Morgan fingerprint density at radius 1 is 1.55 bits per heavy atom. The van der Waals surface area contributed by atoms with E-state index >= 15 is 0 Å². The summed E-state index contributed by atoms with van der Waals surface area (Å²) in [4.78, 5) is 14.4. The predicted octanol–water partition coefficient (Wildman–Crippen LogP) is 2.03. The number of amides is 1. The lowest BCUT2D eigenvalue weighted by atomic mass is 9.92. The Bertz CT molecular complexity index is 503. The summed E-state index contributed by atoms with van der Waals surface area (Å²) in [7, 11) is 0. The third-order valence-corrected chi connectivity index (χ3v) is 5.65. The number of rotatable bonds is 3. The zero-order valence-electron chi connectivity index (χ0n) is 12.1. The summed E-state index contributed by atoms with van der Waals surface area (Å²) in [6.45, 7) is 8.02. The molecule has 1 atom stereocenters. The highest BCUT2D eigenvalue weighted by atomic mass is 32.2. The van der Waals surface area contributed by atoms with Gasteiger partial charge in [-0.1, -0.05) is 5.16 Å². The Morgan fingerprint density at radius 2 is 2.30 bits per heavy atom. The standard InChI is InChI=1S/C14H20N2O3S/c1-4-18-11-5-14(20-6-11)7-16(8-14)13(17)12-9(2)15-19-10(12)3/h11H,4-8H2,1-3H3. The molecule has 2 saturated heterocycles. The molecule has 5 nitrogen and oxygen atoms in total. The van der Waals surface area contributed by atoms with Crippen LogP contribution in [-0.4, -0.2) is 52.3 Å². The molecule has 3 rings (SSSR count). The second kappa shape index (κ2) is 5.07. The lowest BCUT2D eigenvalue weighted by Crippen LogP contribution is -2.60. The van der Waals surface area contributed by atoms with E-state index in [0.717, 1.165) is 31.9 Å². The van der Waals surface area contributed by atoms with Crippen LogP contribution in [0.1, 0.15) is 35.2 Å². The molecule has 0 radical (unpaired) electrons. The van der Waals surface area contributed by atoms with Crippen molar-refractivity contribution in [3.63, 3.8) is 0 Å². The van der Waals surface area contributed by atoms with Gasteiger partial charge in [-0.15, -0.1) is 11.8 Å². The van der Waals surface area contributed by atoms with Crippen LogP contribution in [0.5, 0.6) is 0 Å².